The van der Waals surface area contributed by atoms with Gasteiger partial charge in [-0.2, -0.15) is 0 Å². The quantitative estimate of drug-likeness (QED) is 0.548. The van der Waals surface area contributed by atoms with Crippen LogP contribution < -0.4 is 0 Å². The molecule has 3 fully saturated rings. The predicted octanol–water partition coefficient (Wildman–Crippen LogP) is 3.10. The molecule has 28 heavy (non-hydrogen) atoms. The number of carbonyl (C=O) groups excluding carboxylic acids is 2. The zero-order valence-electron chi connectivity index (χ0n) is 18.1. The second kappa shape index (κ2) is 7.28. The van der Waals surface area contributed by atoms with Crippen LogP contribution in [0.15, 0.2) is 0 Å². The van der Waals surface area contributed by atoms with Crippen LogP contribution in [0.1, 0.15) is 66.2 Å². The minimum Gasteiger partial charge on any atom is -0.469 e. The molecule has 6 heteroatoms. The lowest BCUT2D eigenvalue weighted by Crippen LogP contribution is -2.59. The average Bonchev–Trinajstić information content (AvgIpc) is 3.39. The van der Waals surface area contributed by atoms with Gasteiger partial charge in [0, 0.05) is 5.92 Å². The molecule has 3 aliphatic rings. The number of fused-ring (bicyclic) bond motifs is 2. The summed E-state index contributed by atoms with van der Waals surface area (Å²) in [4.78, 5) is 25.5. The van der Waals surface area contributed by atoms with Crippen LogP contribution in [0.3, 0.4) is 0 Å². The van der Waals surface area contributed by atoms with Gasteiger partial charge in [0.1, 0.15) is 0 Å². The van der Waals surface area contributed by atoms with Gasteiger partial charge in [-0.15, -0.1) is 0 Å². The van der Waals surface area contributed by atoms with Crippen LogP contribution in [0.4, 0.5) is 0 Å². The summed E-state index contributed by atoms with van der Waals surface area (Å²) in [5.41, 5.74) is -1.75. The van der Waals surface area contributed by atoms with Crippen molar-refractivity contribution in [2.24, 2.45) is 28.6 Å². The molecule has 1 N–H and O–H groups in total. The molecule has 1 saturated heterocycles. The second-order valence-electron chi connectivity index (χ2n) is 9.89. The van der Waals surface area contributed by atoms with Gasteiger partial charge in [-0.3, -0.25) is 4.79 Å². The lowest BCUT2D eigenvalue weighted by atomic mass is 9.45. The molecule has 2 aliphatic carbocycles. The van der Waals surface area contributed by atoms with Gasteiger partial charge in [0.05, 0.1) is 31.8 Å². The molecule has 0 aromatic rings. The molecule has 160 valence electrons. The first kappa shape index (κ1) is 21.6. The van der Waals surface area contributed by atoms with E-state index in [9.17, 15) is 14.7 Å². The maximum atomic E-state index is 12.8. The normalized spacial score (nSPS) is 42.9. The number of esters is 2. The van der Waals surface area contributed by atoms with Crippen molar-refractivity contribution >= 4 is 11.9 Å². The molecule has 7 atom stereocenters. The fourth-order valence-electron chi connectivity index (χ4n) is 6.47. The topological polar surface area (TPSA) is 85.4 Å². The van der Waals surface area contributed by atoms with E-state index in [1.54, 1.807) is 0 Å². The first-order valence-electron chi connectivity index (χ1n) is 10.6. The third-order valence-electron chi connectivity index (χ3n) is 8.18. The summed E-state index contributed by atoms with van der Waals surface area (Å²) in [6, 6.07) is 0. The van der Waals surface area contributed by atoms with Gasteiger partial charge in [-0.25, -0.2) is 4.79 Å². The minimum absolute atomic E-state index is 0.0765. The van der Waals surface area contributed by atoms with E-state index in [0.29, 0.717) is 19.3 Å². The number of epoxide rings is 1. The van der Waals surface area contributed by atoms with Gasteiger partial charge in [-0.05, 0) is 56.3 Å². The number of carbonyl (C=O) groups is 2. The van der Waals surface area contributed by atoms with Crippen molar-refractivity contribution in [2.75, 3.05) is 14.2 Å². The van der Waals surface area contributed by atoms with Gasteiger partial charge in [0.25, 0.3) is 0 Å². The third-order valence-corrected chi connectivity index (χ3v) is 8.18. The van der Waals surface area contributed by atoms with E-state index < -0.39 is 17.1 Å². The molecule has 0 radical (unpaired) electrons. The molecule has 6 nitrogen and oxygen atoms in total. The fraction of sp³-hybridized carbons (Fsp3) is 0.909. The smallest absolute Gasteiger partial charge is 0.341 e. The summed E-state index contributed by atoms with van der Waals surface area (Å²) in [6.45, 7) is 8.20. The minimum atomic E-state index is -0.926. The maximum Gasteiger partial charge on any atom is 0.341 e. The number of aliphatic hydroxyl groups is 1. The molecule has 0 spiro atoms. The maximum absolute atomic E-state index is 12.8. The lowest BCUT2D eigenvalue weighted by molar-refractivity contribution is -0.175. The zero-order chi connectivity index (χ0) is 20.9. The van der Waals surface area contributed by atoms with E-state index in [1.165, 1.54) is 14.2 Å². The Labute approximate surface area is 168 Å². The van der Waals surface area contributed by atoms with Gasteiger partial charge in [0.15, 0.2) is 5.60 Å². The standard InChI is InChI=1S/C22H36O6/c1-13(2)14(23)8-9-15-20(3)10-7-11-21(4,18(24)26-5)16(20)12-17-22(15,28-17)19(25)27-6/h13-17,23H,7-12H2,1-6H3/t14?,15-,16-,17-,20-,21-,22+/m1/s1. The summed E-state index contributed by atoms with van der Waals surface area (Å²) in [6.07, 6.45) is 3.93. The summed E-state index contributed by atoms with van der Waals surface area (Å²) in [5.74, 6) is -0.340. The van der Waals surface area contributed by atoms with Crippen molar-refractivity contribution in [3.05, 3.63) is 0 Å². The molecule has 3 rings (SSSR count). The highest BCUT2D eigenvalue weighted by Crippen LogP contribution is 2.69. The van der Waals surface area contributed by atoms with Crippen molar-refractivity contribution in [3.63, 3.8) is 0 Å². The van der Waals surface area contributed by atoms with Gasteiger partial charge >= 0.3 is 11.9 Å². The van der Waals surface area contributed by atoms with E-state index in [-0.39, 0.29) is 41.2 Å². The van der Waals surface area contributed by atoms with Crippen LogP contribution in [0.2, 0.25) is 0 Å². The summed E-state index contributed by atoms with van der Waals surface area (Å²) < 4.78 is 16.4. The van der Waals surface area contributed by atoms with Gasteiger partial charge < -0.3 is 19.3 Å². The molecular weight excluding hydrogens is 360 g/mol. The fourth-order valence-corrected chi connectivity index (χ4v) is 6.47. The Morgan fingerprint density at radius 1 is 1.14 bits per heavy atom. The Kier molecular flexibility index (Phi) is 5.61. The molecule has 0 aromatic carbocycles. The number of hydrogen-bond donors (Lipinski definition) is 1. The summed E-state index contributed by atoms with van der Waals surface area (Å²) in [7, 11) is 2.86. The Morgan fingerprint density at radius 3 is 2.36 bits per heavy atom. The molecular formula is C22H36O6. The highest BCUT2D eigenvalue weighted by atomic mass is 16.7. The zero-order valence-corrected chi connectivity index (χ0v) is 18.1. The van der Waals surface area contributed by atoms with Crippen LogP contribution >= 0.6 is 0 Å². The molecule has 2 saturated carbocycles. The van der Waals surface area contributed by atoms with Crippen molar-refractivity contribution < 1.29 is 28.9 Å². The van der Waals surface area contributed by atoms with Crippen LogP contribution in [0, 0.1) is 28.6 Å². The van der Waals surface area contributed by atoms with Crippen LogP contribution in [0.25, 0.3) is 0 Å². The number of rotatable bonds is 6. The number of hydrogen-bond acceptors (Lipinski definition) is 6. The Hall–Kier alpha value is -1.14. The van der Waals surface area contributed by atoms with Crippen molar-refractivity contribution in [3.8, 4) is 0 Å². The van der Waals surface area contributed by atoms with Crippen molar-refractivity contribution in [2.45, 2.75) is 84.0 Å². The summed E-state index contributed by atoms with van der Waals surface area (Å²) >= 11 is 0. The predicted molar refractivity (Wildman–Crippen MR) is 103 cm³/mol. The Bertz CT molecular complexity index is 633. The van der Waals surface area contributed by atoms with Crippen LogP contribution in [-0.2, 0) is 23.8 Å². The van der Waals surface area contributed by atoms with Crippen LogP contribution in [-0.4, -0.2) is 49.1 Å². The van der Waals surface area contributed by atoms with Crippen LogP contribution in [0.5, 0.6) is 0 Å². The highest BCUT2D eigenvalue weighted by Gasteiger charge is 2.77. The van der Waals surface area contributed by atoms with Crippen molar-refractivity contribution in [1.82, 2.24) is 0 Å². The van der Waals surface area contributed by atoms with E-state index >= 15 is 0 Å². The second-order valence-corrected chi connectivity index (χ2v) is 9.89. The Morgan fingerprint density at radius 2 is 1.79 bits per heavy atom. The number of aliphatic hydroxyl groups excluding tert-OH is 1. The first-order chi connectivity index (χ1) is 13.1. The average molecular weight is 397 g/mol. The molecule has 0 aromatic heterocycles. The SMILES string of the molecule is COC(=O)[C@@]12O[C@@H]1C[C@@H]1[C@](C)(CCC[C@@]1(C)C(=O)OC)[C@H]2CCC(O)C(C)C. The monoisotopic (exact) mass is 396 g/mol. The molecule has 0 amide bonds. The largest absolute Gasteiger partial charge is 0.469 e. The molecule has 1 aliphatic heterocycles. The summed E-state index contributed by atoms with van der Waals surface area (Å²) in [5, 5.41) is 10.4. The molecule has 1 heterocycles. The van der Waals surface area contributed by atoms with Gasteiger partial charge in [0.2, 0.25) is 0 Å². The van der Waals surface area contributed by atoms with E-state index in [1.807, 2.05) is 20.8 Å². The van der Waals surface area contributed by atoms with Gasteiger partial charge in [-0.1, -0.05) is 27.2 Å². The Balaban J connectivity index is 1.98. The molecule has 1 unspecified atom stereocenters. The van der Waals surface area contributed by atoms with E-state index in [4.69, 9.17) is 14.2 Å². The number of ether oxygens (including phenoxy) is 3. The lowest BCUT2D eigenvalue weighted by Gasteiger charge is -2.57. The first-order valence-corrected chi connectivity index (χ1v) is 10.6. The molecule has 0 bridgehead atoms. The van der Waals surface area contributed by atoms with E-state index in [0.717, 1.165) is 19.3 Å². The third kappa shape index (κ3) is 2.98. The van der Waals surface area contributed by atoms with E-state index in [2.05, 4.69) is 6.92 Å². The number of methoxy groups -OCH3 is 2. The van der Waals surface area contributed by atoms with Crippen molar-refractivity contribution in [1.29, 1.82) is 0 Å². The highest BCUT2D eigenvalue weighted by molar-refractivity contribution is 5.85.